The van der Waals surface area contributed by atoms with Crippen molar-refractivity contribution in [3.63, 3.8) is 0 Å². The topological polar surface area (TPSA) is 30.7 Å². The molecule has 2 aromatic heterocycles. The zero-order valence-electron chi connectivity index (χ0n) is 11.4. The quantitative estimate of drug-likeness (QED) is 0.587. The summed E-state index contributed by atoms with van der Waals surface area (Å²) >= 11 is 12.4. The fourth-order valence-electron chi connectivity index (χ4n) is 1.77. The fourth-order valence-corrected chi connectivity index (χ4v) is 2.29. The highest BCUT2D eigenvalue weighted by Gasteiger charge is 2.20. The molecule has 0 atom stereocenters. The number of halogens is 2. The van der Waals surface area contributed by atoms with Crippen LogP contribution >= 0.6 is 23.2 Å². The van der Waals surface area contributed by atoms with Gasteiger partial charge in [-0.2, -0.15) is 0 Å². The van der Waals surface area contributed by atoms with Crippen molar-refractivity contribution in [2.45, 2.75) is 39.7 Å². The maximum absolute atomic E-state index is 6.29. The summed E-state index contributed by atoms with van der Waals surface area (Å²) in [7, 11) is 0. The van der Waals surface area contributed by atoms with Crippen LogP contribution in [0.3, 0.4) is 0 Å². The van der Waals surface area contributed by atoms with Gasteiger partial charge < -0.3 is 4.57 Å². The van der Waals surface area contributed by atoms with Gasteiger partial charge in [0.05, 0.1) is 12.1 Å². The van der Waals surface area contributed by atoms with Crippen molar-refractivity contribution >= 4 is 34.2 Å². The van der Waals surface area contributed by atoms with Crippen LogP contribution < -0.4 is 0 Å². The number of imidazole rings is 1. The van der Waals surface area contributed by atoms with E-state index in [-0.39, 0.29) is 5.41 Å². The standard InChI is InChI=1S/C14H15Cl2N3/c1-5-6-7-19-11-9(17-13(19)16)8-10(14(2,3)4)18-12(11)15/h8H,7H2,1-4H3. The van der Waals surface area contributed by atoms with Crippen LogP contribution in [0.5, 0.6) is 0 Å². The fraction of sp³-hybridized carbons (Fsp3) is 0.429. The lowest BCUT2D eigenvalue weighted by atomic mass is 9.91. The molecule has 2 aromatic rings. The van der Waals surface area contributed by atoms with Crippen molar-refractivity contribution in [3.05, 3.63) is 22.2 Å². The van der Waals surface area contributed by atoms with E-state index >= 15 is 0 Å². The molecule has 2 heterocycles. The van der Waals surface area contributed by atoms with Crippen LogP contribution in [0.1, 0.15) is 33.4 Å². The Morgan fingerprint density at radius 2 is 1.95 bits per heavy atom. The third-order valence-electron chi connectivity index (χ3n) is 2.82. The van der Waals surface area contributed by atoms with Crippen LogP contribution in [0, 0.1) is 11.8 Å². The molecule has 5 heteroatoms. The van der Waals surface area contributed by atoms with Gasteiger partial charge in [-0.1, -0.05) is 38.3 Å². The van der Waals surface area contributed by atoms with Gasteiger partial charge in [-0.05, 0) is 24.6 Å². The molecule has 19 heavy (non-hydrogen) atoms. The molecule has 0 radical (unpaired) electrons. The van der Waals surface area contributed by atoms with E-state index in [1.54, 1.807) is 11.5 Å². The molecule has 3 nitrogen and oxygen atoms in total. The minimum atomic E-state index is -0.0860. The molecule has 0 N–H and O–H groups in total. The molecule has 2 rings (SSSR count). The predicted octanol–water partition coefficient (Wildman–Crippen LogP) is 4.06. The van der Waals surface area contributed by atoms with Crippen LogP contribution in [0.25, 0.3) is 11.0 Å². The van der Waals surface area contributed by atoms with Gasteiger partial charge in [0, 0.05) is 11.1 Å². The molecule has 0 saturated heterocycles. The minimum Gasteiger partial charge on any atom is -0.300 e. The van der Waals surface area contributed by atoms with E-state index in [1.807, 2.05) is 6.07 Å². The average Bonchev–Trinajstić information content (AvgIpc) is 2.61. The number of hydrogen-bond donors (Lipinski definition) is 0. The third-order valence-corrected chi connectivity index (χ3v) is 3.37. The molecule has 0 fully saturated rings. The van der Waals surface area contributed by atoms with Crippen LogP contribution in [0.4, 0.5) is 0 Å². The summed E-state index contributed by atoms with van der Waals surface area (Å²) in [6.45, 7) is 8.49. The van der Waals surface area contributed by atoms with Crippen molar-refractivity contribution in [2.24, 2.45) is 0 Å². The first-order valence-corrected chi connectivity index (χ1v) is 6.72. The second-order valence-electron chi connectivity index (χ2n) is 5.31. The van der Waals surface area contributed by atoms with E-state index in [9.17, 15) is 0 Å². The number of rotatable bonds is 1. The maximum Gasteiger partial charge on any atom is 0.204 e. The number of pyridine rings is 1. The molecular weight excluding hydrogens is 281 g/mol. The first-order chi connectivity index (χ1) is 8.84. The van der Waals surface area contributed by atoms with Crippen LogP contribution in [-0.4, -0.2) is 14.5 Å². The Labute approximate surface area is 122 Å². The maximum atomic E-state index is 6.29. The van der Waals surface area contributed by atoms with Gasteiger partial charge >= 0.3 is 0 Å². The lowest BCUT2D eigenvalue weighted by molar-refractivity contribution is 0.570. The summed E-state index contributed by atoms with van der Waals surface area (Å²) in [6.07, 6.45) is 0. The number of aromatic nitrogens is 3. The molecule has 0 amide bonds. The van der Waals surface area contributed by atoms with E-state index in [1.165, 1.54) is 0 Å². The molecule has 0 aromatic carbocycles. The van der Waals surface area contributed by atoms with Gasteiger partial charge in [-0.3, -0.25) is 0 Å². The Morgan fingerprint density at radius 1 is 1.26 bits per heavy atom. The monoisotopic (exact) mass is 295 g/mol. The summed E-state index contributed by atoms with van der Waals surface area (Å²) in [4.78, 5) is 8.79. The van der Waals surface area contributed by atoms with Crippen molar-refractivity contribution in [1.82, 2.24) is 14.5 Å². The van der Waals surface area contributed by atoms with Crippen LogP contribution in [-0.2, 0) is 12.0 Å². The van der Waals surface area contributed by atoms with Gasteiger partial charge in [0.2, 0.25) is 5.28 Å². The zero-order valence-corrected chi connectivity index (χ0v) is 12.9. The zero-order chi connectivity index (χ0) is 14.2. The molecular formula is C14H15Cl2N3. The lowest BCUT2D eigenvalue weighted by Gasteiger charge is -2.17. The van der Waals surface area contributed by atoms with E-state index in [4.69, 9.17) is 23.2 Å². The van der Waals surface area contributed by atoms with Crippen molar-refractivity contribution in [1.29, 1.82) is 0 Å². The van der Waals surface area contributed by atoms with Crippen LogP contribution in [0.15, 0.2) is 6.07 Å². The van der Waals surface area contributed by atoms with Crippen molar-refractivity contribution in [2.75, 3.05) is 0 Å². The molecule has 100 valence electrons. The summed E-state index contributed by atoms with van der Waals surface area (Å²) < 4.78 is 1.77. The molecule has 0 bridgehead atoms. The first-order valence-electron chi connectivity index (χ1n) is 5.97. The molecule has 0 aliphatic heterocycles. The SMILES string of the molecule is CC#CCn1c(Cl)nc2cc(C(C)(C)C)nc(Cl)c21. The van der Waals surface area contributed by atoms with Crippen molar-refractivity contribution < 1.29 is 0 Å². The first kappa shape index (κ1) is 14.2. The van der Waals surface area contributed by atoms with Gasteiger partial charge in [-0.15, -0.1) is 5.92 Å². The Morgan fingerprint density at radius 3 is 2.53 bits per heavy atom. The largest absolute Gasteiger partial charge is 0.300 e. The average molecular weight is 296 g/mol. The number of fused-ring (bicyclic) bond motifs is 1. The third kappa shape index (κ3) is 2.70. The van der Waals surface area contributed by atoms with E-state index < -0.39 is 0 Å². The lowest BCUT2D eigenvalue weighted by Crippen LogP contribution is -2.13. The van der Waals surface area contributed by atoms with E-state index in [2.05, 4.69) is 42.6 Å². The Balaban J connectivity index is 2.69. The minimum absolute atomic E-state index is 0.0860. The van der Waals surface area contributed by atoms with Gasteiger partial charge in [0.1, 0.15) is 5.52 Å². The normalized spacial score (nSPS) is 11.5. The highest BCUT2D eigenvalue weighted by Crippen LogP contribution is 2.30. The van der Waals surface area contributed by atoms with E-state index in [0.717, 1.165) is 16.7 Å². The van der Waals surface area contributed by atoms with Crippen LogP contribution in [0.2, 0.25) is 10.4 Å². The van der Waals surface area contributed by atoms with Crippen molar-refractivity contribution in [3.8, 4) is 11.8 Å². The summed E-state index contributed by atoms with van der Waals surface area (Å²) in [5.74, 6) is 5.79. The van der Waals surface area contributed by atoms with Gasteiger partial charge in [-0.25, -0.2) is 9.97 Å². The highest BCUT2D eigenvalue weighted by atomic mass is 35.5. The molecule has 0 aliphatic rings. The van der Waals surface area contributed by atoms with E-state index in [0.29, 0.717) is 17.0 Å². The smallest absolute Gasteiger partial charge is 0.204 e. The molecule has 0 unspecified atom stereocenters. The second kappa shape index (κ2) is 5.03. The molecule has 0 spiro atoms. The Kier molecular flexibility index (Phi) is 3.75. The van der Waals surface area contributed by atoms with Gasteiger partial charge in [0.15, 0.2) is 5.15 Å². The predicted molar refractivity (Wildman–Crippen MR) is 79.7 cm³/mol. The number of hydrogen-bond acceptors (Lipinski definition) is 2. The highest BCUT2D eigenvalue weighted by molar-refractivity contribution is 6.35. The second-order valence-corrected chi connectivity index (χ2v) is 6.01. The Bertz CT molecular complexity index is 684. The number of nitrogens with zero attached hydrogens (tertiary/aromatic N) is 3. The summed E-state index contributed by atoms with van der Waals surface area (Å²) in [5, 5.41) is 0.798. The summed E-state index contributed by atoms with van der Waals surface area (Å²) in [6, 6.07) is 1.93. The Hall–Kier alpha value is -1.24. The molecule has 0 aliphatic carbocycles. The van der Waals surface area contributed by atoms with Gasteiger partial charge in [0.25, 0.3) is 0 Å². The molecule has 0 saturated carbocycles. The summed E-state index contributed by atoms with van der Waals surface area (Å²) in [5.41, 5.74) is 2.31.